The van der Waals surface area contributed by atoms with E-state index in [-0.39, 0.29) is 0 Å². The Morgan fingerprint density at radius 3 is 2.72 bits per heavy atom. The summed E-state index contributed by atoms with van der Waals surface area (Å²) in [6.45, 7) is 3.88. The van der Waals surface area contributed by atoms with Crippen molar-refractivity contribution in [3.63, 3.8) is 0 Å². The van der Waals surface area contributed by atoms with E-state index in [1.165, 1.54) is 37.7 Å². The van der Waals surface area contributed by atoms with E-state index in [0.29, 0.717) is 0 Å². The highest BCUT2D eigenvalue weighted by atomic mass is 16.3. The van der Waals surface area contributed by atoms with E-state index in [2.05, 4.69) is 30.3 Å². The van der Waals surface area contributed by atoms with Gasteiger partial charge in [-0.2, -0.15) is 0 Å². The average Bonchev–Trinajstić information content (AvgIpc) is 2.71. The fourth-order valence-corrected chi connectivity index (χ4v) is 2.93. The molecule has 0 unspecified atom stereocenters. The highest BCUT2D eigenvalue weighted by molar-refractivity contribution is 5.20. The zero-order valence-corrected chi connectivity index (χ0v) is 12.0. The molecule has 1 aliphatic rings. The van der Waals surface area contributed by atoms with Crippen molar-refractivity contribution in [1.29, 1.82) is 0 Å². The maximum atomic E-state index is 5.85. The summed E-state index contributed by atoms with van der Waals surface area (Å²) in [5.41, 5.74) is 1.28. The van der Waals surface area contributed by atoms with E-state index in [9.17, 15) is 0 Å². The number of rotatable bonds is 5. The van der Waals surface area contributed by atoms with E-state index in [1.807, 2.05) is 7.05 Å². The van der Waals surface area contributed by atoms with E-state index < -0.39 is 0 Å². The second kappa shape index (κ2) is 6.39. The van der Waals surface area contributed by atoms with E-state index in [4.69, 9.17) is 4.42 Å². The second-order valence-corrected chi connectivity index (χ2v) is 5.53. The molecule has 0 atom stereocenters. The largest absolute Gasteiger partial charge is 0.465 e. The van der Waals surface area contributed by atoms with Gasteiger partial charge in [0.15, 0.2) is 0 Å². The standard InChI is InChI=1S/C15H26N2O/c1-12-13(10-16-2)9-15(18-12)11-17(3)14-7-5-4-6-8-14/h9,14,16H,4-8,10-11H2,1-3H3. The second-order valence-electron chi connectivity index (χ2n) is 5.53. The van der Waals surface area contributed by atoms with Gasteiger partial charge in [0.25, 0.3) is 0 Å². The fraction of sp³-hybridized carbons (Fsp3) is 0.733. The van der Waals surface area contributed by atoms with E-state index in [0.717, 1.165) is 30.7 Å². The summed E-state index contributed by atoms with van der Waals surface area (Å²) in [7, 11) is 4.20. The van der Waals surface area contributed by atoms with Crippen LogP contribution in [0.15, 0.2) is 10.5 Å². The Morgan fingerprint density at radius 1 is 1.33 bits per heavy atom. The Balaban J connectivity index is 1.93. The minimum Gasteiger partial charge on any atom is -0.465 e. The summed E-state index contributed by atoms with van der Waals surface area (Å²) in [5, 5.41) is 3.18. The van der Waals surface area contributed by atoms with Crippen LogP contribution in [0.4, 0.5) is 0 Å². The Labute approximate surface area is 111 Å². The Morgan fingerprint density at radius 2 is 2.06 bits per heavy atom. The van der Waals surface area contributed by atoms with E-state index >= 15 is 0 Å². The summed E-state index contributed by atoms with van der Waals surface area (Å²) in [6, 6.07) is 2.95. The molecule has 3 nitrogen and oxygen atoms in total. The van der Waals surface area contributed by atoms with Gasteiger partial charge < -0.3 is 9.73 Å². The molecule has 1 aliphatic carbocycles. The smallest absolute Gasteiger partial charge is 0.118 e. The molecule has 18 heavy (non-hydrogen) atoms. The predicted molar refractivity (Wildman–Crippen MR) is 74.5 cm³/mol. The topological polar surface area (TPSA) is 28.4 Å². The molecule has 0 amide bonds. The van der Waals surface area contributed by atoms with Crippen LogP contribution in [0.2, 0.25) is 0 Å². The molecule has 2 rings (SSSR count). The number of hydrogen-bond acceptors (Lipinski definition) is 3. The lowest BCUT2D eigenvalue weighted by Gasteiger charge is -2.30. The van der Waals surface area contributed by atoms with Crippen LogP contribution < -0.4 is 5.32 Å². The van der Waals surface area contributed by atoms with Gasteiger partial charge in [-0.1, -0.05) is 19.3 Å². The molecule has 3 heteroatoms. The Kier molecular flexibility index (Phi) is 4.84. The molecule has 1 heterocycles. The first kappa shape index (κ1) is 13.6. The first-order chi connectivity index (χ1) is 8.70. The highest BCUT2D eigenvalue weighted by Gasteiger charge is 2.19. The molecular weight excluding hydrogens is 224 g/mol. The van der Waals surface area contributed by atoms with Gasteiger partial charge in [0.1, 0.15) is 11.5 Å². The molecule has 1 aromatic heterocycles. The lowest BCUT2D eigenvalue weighted by molar-refractivity contribution is 0.172. The maximum Gasteiger partial charge on any atom is 0.118 e. The van der Waals surface area contributed by atoms with Crippen molar-refractivity contribution < 1.29 is 4.42 Å². The van der Waals surface area contributed by atoms with Gasteiger partial charge in [-0.3, -0.25) is 4.90 Å². The van der Waals surface area contributed by atoms with Crippen molar-refractivity contribution in [1.82, 2.24) is 10.2 Å². The first-order valence-electron chi connectivity index (χ1n) is 7.13. The highest BCUT2D eigenvalue weighted by Crippen LogP contribution is 2.24. The van der Waals surface area contributed by atoms with Crippen molar-refractivity contribution in [2.24, 2.45) is 0 Å². The van der Waals surface area contributed by atoms with Crippen LogP contribution >= 0.6 is 0 Å². The van der Waals surface area contributed by atoms with E-state index in [1.54, 1.807) is 0 Å². The monoisotopic (exact) mass is 250 g/mol. The summed E-state index contributed by atoms with van der Waals surface area (Å²) in [4.78, 5) is 2.46. The van der Waals surface area contributed by atoms with Crippen LogP contribution in [-0.2, 0) is 13.1 Å². The number of nitrogens with zero attached hydrogens (tertiary/aromatic N) is 1. The van der Waals surface area contributed by atoms with Crippen molar-refractivity contribution >= 4 is 0 Å². The summed E-state index contributed by atoms with van der Waals surface area (Å²) >= 11 is 0. The molecular formula is C15H26N2O. The summed E-state index contributed by atoms with van der Waals surface area (Å²) in [6.07, 6.45) is 6.88. The van der Waals surface area contributed by atoms with Gasteiger partial charge in [-0.05, 0) is 39.9 Å². The molecule has 0 radical (unpaired) electrons. The van der Waals surface area contributed by atoms with Crippen LogP contribution in [0, 0.1) is 6.92 Å². The third kappa shape index (κ3) is 3.36. The molecule has 102 valence electrons. The fourth-order valence-electron chi connectivity index (χ4n) is 2.93. The molecule has 1 N–H and O–H groups in total. The zero-order valence-electron chi connectivity index (χ0n) is 12.0. The maximum absolute atomic E-state index is 5.85. The third-order valence-corrected chi connectivity index (χ3v) is 4.04. The van der Waals surface area contributed by atoms with Crippen molar-refractivity contribution in [3.8, 4) is 0 Å². The minimum atomic E-state index is 0.747. The molecule has 0 saturated heterocycles. The lowest BCUT2D eigenvalue weighted by Crippen LogP contribution is -2.32. The van der Waals surface area contributed by atoms with Gasteiger partial charge in [0.2, 0.25) is 0 Å². The minimum absolute atomic E-state index is 0.747. The van der Waals surface area contributed by atoms with Crippen LogP contribution in [0.1, 0.15) is 49.2 Å². The molecule has 1 fully saturated rings. The van der Waals surface area contributed by atoms with Crippen LogP contribution in [0.25, 0.3) is 0 Å². The molecule has 0 aliphatic heterocycles. The Bertz CT molecular complexity index is 367. The Hall–Kier alpha value is -0.800. The van der Waals surface area contributed by atoms with Crippen LogP contribution in [0.5, 0.6) is 0 Å². The average molecular weight is 250 g/mol. The molecule has 0 bridgehead atoms. The summed E-state index contributed by atoms with van der Waals surface area (Å²) in [5.74, 6) is 2.15. The predicted octanol–water partition coefficient (Wildman–Crippen LogP) is 3.07. The normalized spacial score (nSPS) is 17.6. The van der Waals surface area contributed by atoms with Gasteiger partial charge in [-0.25, -0.2) is 0 Å². The van der Waals surface area contributed by atoms with Gasteiger partial charge >= 0.3 is 0 Å². The quantitative estimate of drug-likeness (QED) is 0.870. The molecule has 1 aromatic rings. The van der Waals surface area contributed by atoms with Crippen molar-refractivity contribution in [2.45, 2.75) is 58.2 Å². The molecule has 1 saturated carbocycles. The number of hydrogen-bond donors (Lipinski definition) is 1. The SMILES string of the molecule is CNCc1cc(CN(C)C2CCCCC2)oc1C. The van der Waals surface area contributed by atoms with Gasteiger partial charge in [-0.15, -0.1) is 0 Å². The van der Waals surface area contributed by atoms with Crippen molar-refractivity contribution in [2.75, 3.05) is 14.1 Å². The number of nitrogens with one attached hydrogen (secondary N) is 1. The number of aryl methyl sites for hydroxylation is 1. The number of furan rings is 1. The van der Waals surface area contributed by atoms with Crippen molar-refractivity contribution in [3.05, 3.63) is 23.2 Å². The lowest BCUT2D eigenvalue weighted by atomic mass is 9.94. The third-order valence-electron chi connectivity index (χ3n) is 4.04. The van der Waals surface area contributed by atoms with Crippen LogP contribution in [-0.4, -0.2) is 25.0 Å². The van der Waals surface area contributed by atoms with Crippen LogP contribution in [0.3, 0.4) is 0 Å². The first-order valence-corrected chi connectivity index (χ1v) is 7.13. The molecule has 0 spiro atoms. The summed E-state index contributed by atoms with van der Waals surface area (Å²) < 4.78 is 5.85. The zero-order chi connectivity index (χ0) is 13.0. The van der Waals surface area contributed by atoms with Gasteiger partial charge in [0, 0.05) is 18.2 Å². The molecule has 0 aromatic carbocycles. The van der Waals surface area contributed by atoms with Gasteiger partial charge in [0.05, 0.1) is 6.54 Å².